The Labute approximate surface area is 380 Å². The molecule has 0 rings (SSSR count). The fourth-order valence-corrected chi connectivity index (χ4v) is 6.41. The number of allylic oxidation sites excluding steroid dienone is 18. The fourth-order valence-electron chi connectivity index (χ4n) is 6.41. The molecule has 6 nitrogen and oxygen atoms in total. The van der Waals surface area contributed by atoms with Gasteiger partial charge in [-0.15, -0.1) is 0 Å². The van der Waals surface area contributed by atoms with Gasteiger partial charge in [0, 0.05) is 19.3 Å². The minimum atomic E-state index is -0.830. The number of unbranched alkanes of at least 4 members (excludes halogenated alkanes) is 20. The van der Waals surface area contributed by atoms with Gasteiger partial charge in [-0.25, -0.2) is 0 Å². The Kier molecular flexibility index (Phi) is 46.6. The first-order valence-electron chi connectivity index (χ1n) is 25.0. The Balaban J connectivity index is 4.54. The second kappa shape index (κ2) is 49.7. The van der Waals surface area contributed by atoms with E-state index in [1.807, 2.05) is 54.7 Å². The van der Waals surface area contributed by atoms with Crippen LogP contribution in [0.4, 0.5) is 0 Å². The number of rotatable bonds is 43. The average molecular weight is 859 g/mol. The van der Waals surface area contributed by atoms with Crippen LogP contribution < -0.4 is 0 Å². The number of carbonyl (C=O) groups excluding carboxylic acids is 3. The lowest BCUT2D eigenvalue weighted by Crippen LogP contribution is -2.30. The van der Waals surface area contributed by atoms with Crippen molar-refractivity contribution in [1.82, 2.24) is 0 Å². The highest BCUT2D eigenvalue weighted by Gasteiger charge is 2.19. The molecular weight excluding hydrogens is 769 g/mol. The van der Waals surface area contributed by atoms with Crippen LogP contribution in [0.5, 0.6) is 0 Å². The van der Waals surface area contributed by atoms with Gasteiger partial charge in [-0.05, 0) is 83.5 Å². The lowest BCUT2D eigenvalue weighted by molar-refractivity contribution is -0.167. The third kappa shape index (κ3) is 47.1. The summed E-state index contributed by atoms with van der Waals surface area (Å²) in [6.07, 6.45) is 66.5. The van der Waals surface area contributed by atoms with E-state index >= 15 is 0 Å². The number of carbonyl (C=O) groups is 3. The molecule has 1 unspecified atom stereocenters. The Hall–Kier alpha value is -3.93. The molecule has 1 atom stereocenters. The second-order valence-corrected chi connectivity index (χ2v) is 16.2. The van der Waals surface area contributed by atoms with Crippen molar-refractivity contribution in [3.05, 3.63) is 109 Å². The third-order valence-electron chi connectivity index (χ3n) is 10.2. The third-order valence-corrected chi connectivity index (χ3v) is 10.2. The van der Waals surface area contributed by atoms with E-state index in [9.17, 15) is 14.4 Å². The fraction of sp³-hybridized carbons (Fsp3) is 0.625. The maximum Gasteiger partial charge on any atom is 0.306 e. The molecule has 0 aromatic rings. The molecular formula is C56H90O6. The van der Waals surface area contributed by atoms with Gasteiger partial charge in [0.2, 0.25) is 0 Å². The topological polar surface area (TPSA) is 78.9 Å². The first-order chi connectivity index (χ1) is 30.5. The van der Waals surface area contributed by atoms with Crippen LogP contribution in [0.15, 0.2) is 109 Å². The van der Waals surface area contributed by atoms with Gasteiger partial charge in [0.05, 0.1) is 0 Å². The Bertz CT molecular complexity index is 1310. The van der Waals surface area contributed by atoms with Crippen molar-refractivity contribution < 1.29 is 28.6 Å². The summed E-state index contributed by atoms with van der Waals surface area (Å²) in [4.78, 5) is 37.9. The van der Waals surface area contributed by atoms with Crippen molar-refractivity contribution in [1.29, 1.82) is 0 Å². The van der Waals surface area contributed by atoms with Crippen LogP contribution in [-0.2, 0) is 28.6 Å². The monoisotopic (exact) mass is 859 g/mol. The highest BCUT2D eigenvalue weighted by Crippen LogP contribution is 2.12. The maximum absolute atomic E-state index is 12.7. The van der Waals surface area contributed by atoms with Gasteiger partial charge in [0.1, 0.15) is 13.2 Å². The van der Waals surface area contributed by atoms with Gasteiger partial charge in [-0.2, -0.15) is 0 Å². The molecule has 62 heavy (non-hydrogen) atoms. The molecule has 0 fully saturated rings. The first kappa shape index (κ1) is 58.1. The van der Waals surface area contributed by atoms with E-state index in [1.165, 1.54) is 70.6 Å². The van der Waals surface area contributed by atoms with E-state index in [-0.39, 0.29) is 31.6 Å². The van der Waals surface area contributed by atoms with Crippen LogP contribution >= 0.6 is 0 Å². The van der Waals surface area contributed by atoms with Gasteiger partial charge in [0.15, 0.2) is 6.10 Å². The summed E-state index contributed by atoms with van der Waals surface area (Å²) >= 11 is 0. The molecule has 0 N–H and O–H groups in total. The maximum atomic E-state index is 12.7. The van der Waals surface area contributed by atoms with Gasteiger partial charge < -0.3 is 14.2 Å². The van der Waals surface area contributed by atoms with Gasteiger partial charge >= 0.3 is 17.9 Å². The minimum Gasteiger partial charge on any atom is -0.462 e. The van der Waals surface area contributed by atoms with Crippen LogP contribution in [0.1, 0.15) is 207 Å². The quantitative estimate of drug-likeness (QED) is 0.0200. The summed E-state index contributed by atoms with van der Waals surface area (Å²) < 4.78 is 16.7. The number of hydrogen-bond donors (Lipinski definition) is 0. The van der Waals surface area contributed by atoms with Crippen LogP contribution in [0, 0.1) is 0 Å². The first-order valence-corrected chi connectivity index (χ1v) is 25.0. The average Bonchev–Trinajstić information content (AvgIpc) is 3.27. The molecule has 0 saturated heterocycles. The Morgan fingerprint density at radius 3 is 1.10 bits per heavy atom. The zero-order chi connectivity index (χ0) is 45.1. The van der Waals surface area contributed by atoms with Crippen molar-refractivity contribution in [3.63, 3.8) is 0 Å². The predicted octanol–water partition coefficient (Wildman–Crippen LogP) is 16.4. The molecule has 0 aliphatic heterocycles. The lowest BCUT2D eigenvalue weighted by atomic mass is 10.1. The second-order valence-electron chi connectivity index (χ2n) is 16.2. The molecule has 0 bridgehead atoms. The molecule has 0 aliphatic rings. The standard InChI is InChI=1S/C56H90O6/c1-4-7-10-13-16-19-22-25-26-27-28-29-32-34-37-40-43-46-49-55(58)61-52-53(62-56(59)50-47-44-41-38-35-31-24-21-18-15-12-9-6-3)51-60-54(57)48-45-42-39-36-33-30-23-20-17-14-11-8-5-2/h9,12,15,18,21-22,24-31,33,35,38,41,53H,4-8,10-11,13-14,16-17,19-20,23,32,34,36-37,39-40,42-52H2,1-3H3/b12-9+,18-15+,24-21+,25-22+,27-26+,29-28+,33-30+,35-31+,41-38+. The van der Waals surface area contributed by atoms with E-state index in [2.05, 4.69) is 75.5 Å². The van der Waals surface area contributed by atoms with Gasteiger partial charge in [0.25, 0.3) is 0 Å². The highest BCUT2D eigenvalue weighted by molar-refractivity contribution is 5.71. The Morgan fingerprint density at radius 2 is 0.661 bits per heavy atom. The van der Waals surface area contributed by atoms with E-state index in [1.54, 1.807) is 0 Å². The highest BCUT2D eigenvalue weighted by atomic mass is 16.6. The summed E-state index contributed by atoms with van der Waals surface area (Å²) in [5.41, 5.74) is 0. The molecule has 0 amide bonds. The van der Waals surface area contributed by atoms with Crippen molar-refractivity contribution in [2.24, 2.45) is 0 Å². The summed E-state index contributed by atoms with van der Waals surface area (Å²) in [5, 5.41) is 0. The molecule has 6 heteroatoms. The zero-order valence-electron chi connectivity index (χ0n) is 39.8. The summed E-state index contributed by atoms with van der Waals surface area (Å²) in [6, 6.07) is 0. The van der Waals surface area contributed by atoms with Crippen LogP contribution in [0.25, 0.3) is 0 Å². The summed E-state index contributed by atoms with van der Waals surface area (Å²) in [7, 11) is 0. The van der Waals surface area contributed by atoms with Crippen molar-refractivity contribution in [3.8, 4) is 0 Å². The zero-order valence-corrected chi connectivity index (χ0v) is 39.8. The molecule has 0 heterocycles. The van der Waals surface area contributed by atoms with E-state index in [0.717, 1.165) is 89.9 Å². The number of hydrogen-bond acceptors (Lipinski definition) is 6. The van der Waals surface area contributed by atoms with Crippen LogP contribution in [-0.4, -0.2) is 37.2 Å². The minimum absolute atomic E-state index is 0.124. The molecule has 0 aromatic carbocycles. The summed E-state index contributed by atoms with van der Waals surface area (Å²) in [5.74, 6) is -1.04. The lowest BCUT2D eigenvalue weighted by Gasteiger charge is -2.18. The summed E-state index contributed by atoms with van der Waals surface area (Å²) in [6.45, 7) is 6.35. The van der Waals surface area contributed by atoms with E-state index in [0.29, 0.717) is 19.3 Å². The van der Waals surface area contributed by atoms with Crippen molar-refractivity contribution in [2.75, 3.05) is 13.2 Å². The van der Waals surface area contributed by atoms with Crippen molar-refractivity contribution >= 4 is 17.9 Å². The van der Waals surface area contributed by atoms with Crippen molar-refractivity contribution in [2.45, 2.75) is 213 Å². The van der Waals surface area contributed by atoms with Crippen LogP contribution in [0.3, 0.4) is 0 Å². The van der Waals surface area contributed by atoms with Gasteiger partial charge in [-0.1, -0.05) is 214 Å². The smallest absolute Gasteiger partial charge is 0.306 e. The molecule has 350 valence electrons. The SMILES string of the molecule is CC/C=C/C=C/C=C/C=C/C=C/CCCC(=O)OC(COC(=O)CCCCC/C=C/CCCCCCCC)COC(=O)CCCCCCC/C=C/C=C/C=C/CCCCCCC. The Morgan fingerprint density at radius 1 is 0.339 bits per heavy atom. The largest absolute Gasteiger partial charge is 0.462 e. The van der Waals surface area contributed by atoms with E-state index in [4.69, 9.17) is 14.2 Å². The number of esters is 3. The van der Waals surface area contributed by atoms with Crippen LogP contribution in [0.2, 0.25) is 0 Å². The number of ether oxygens (including phenoxy) is 3. The van der Waals surface area contributed by atoms with Gasteiger partial charge in [-0.3, -0.25) is 14.4 Å². The molecule has 0 radical (unpaired) electrons. The molecule has 0 spiro atoms. The van der Waals surface area contributed by atoms with E-state index < -0.39 is 12.1 Å². The predicted molar refractivity (Wildman–Crippen MR) is 265 cm³/mol. The molecule has 0 aromatic heterocycles. The molecule has 0 saturated carbocycles. The normalized spacial score (nSPS) is 13.0. The molecule has 0 aliphatic carbocycles.